The van der Waals surface area contributed by atoms with Crippen LogP contribution in [0.2, 0.25) is 0 Å². The Morgan fingerprint density at radius 1 is 1.26 bits per heavy atom. The Bertz CT molecular complexity index is 1030. The average molecular weight is 399 g/mol. The summed E-state index contributed by atoms with van der Waals surface area (Å²) < 4.78 is 16.0. The molecule has 0 aliphatic heterocycles. The molecule has 27 heavy (non-hydrogen) atoms. The fourth-order valence-electron chi connectivity index (χ4n) is 2.63. The van der Waals surface area contributed by atoms with Gasteiger partial charge in [-0.25, -0.2) is 4.39 Å². The first-order valence-corrected chi connectivity index (χ1v) is 10.6. The second kappa shape index (κ2) is 9.54. The molecule has 0 saturated heterocycles. The van der Waals surface area contributed by atoms with Crippen LogP contribution in [0.5, 0.6) is 0 Å². The molecule has 0 saturated carbocycles. The number of benzene rings is 2. The number of fused-ring (bicyclic) bond motifs is 1. The van der Waals surface area contributed by atoms with Gasteiger partial charge in [-0.05, 0) is 35.9 Å². The Morgan fingerprint density at radius 2 is 2.07 bits per heavy atom. The second-order valence-corrected chi connectivity index (χ2v) is 8.05. The minimum absolute atomic E-state index is 0.173. The number of hydrogen-bond donors (Lipinski definition) is 0. The lowest BCUT2D eigenvalue weighted by Gasteiger charge is -2.01. The van der Waals surface area contributed by atoms with Gasteiger partial charge in [0.2, 0.25) is 5.91 Å². The van der Waals surface area contributed by atoms with Crippen LogP contribution in [-0.2, 0) is 17.1 Å². The minimum Gasteiger partial charge on any atom is -0.305 e. The molecule has 0 unspecified atom stereocenters. The third-order valence-corrected chi connectivity index (χ3v) is 6.06. The molecule has 3 rings (SSSR count). The van der Waals surface area contributed by atoms with E-state index >= 15 is 0 Å². The Morgan fingerprint density at radius 3 is 2.85 bits per heavy atom. The molecule has 3 aromatic rings. The van der Waals surface area contributed by atoms with Crippen LogP contribution < -0.4 is 4.80 Å². The molecule has 0 bridgehead atoms. The molecule has 0 aliphatic carbocycles. The molecule has 6 heteroatoms. The monoisotopic (exact) mass is 398 g/mol. The van der Waals surface area contributed by atoms with Crippen molar-refractivity contribution in [3.63, 3.8) is 0 Å². The van der Waals surface area contributed by atoms with E-state index in [4.69, 9.17) is 6.42 Å². The Balaban J connectivity index is 1.61. The summed E-state index contributed by atoms with van der Waals surface area (Å²) in [5.74, 6) is 3.92. The Labute approximate surface area is 166 Å². The number of rotatable bonds is 7. The van der Waals surface area contributed by atoms with Gasteiger partial charge in [0.05, 0.1) is 16.8 Å². The van der Waals surface area contributed by atoms with Crippen LogP contribution in [0.1, 0.15) is 18.4 Å². The number of carbonyl (C=O) groups is 1. The smallest absolute Gasteiger partial charge is 0.248 e. The van der Waals surface area contributed by atoms with Crippen LogP contribution in [0.25, 0.3) is 10.2 Å². The fourth-order valence-corrected chi connectivity index (χ4v) is 4.62. The van der Waals surface area contributed by atoms with E-state index in [1.807, 2.05) is 18.2 Å². The summed E-state index contributed by atoms with van der Waals surface area (Å²) in [7, 11) is 0. The largest absolute Gasteiger partial charge is 0.305 e. The van der Waals surface area contributed by atoms with Crippen molar-refractivity contribution in [3.05, 3.63) is 64.7 Å². The van der Waals surface area contributed by atoms with Crippen molar-refractivity contribution in [1.82, 2.24) is 4.57 Å². The molecule has 0 fully saturated rings. The van der Waals surface area contributed by atoms with Crippen LogP contribution in [-0.4, -0.2) is 16.2 Å². The summed E-state index contributed by atoms with van der Waals surface area (Å²) in [6, 6.07) is 14.8. The lowest BCUT2D eigenvalue weighted by atomic mass is 10.2. The number of nitrogens with zero attached hydrogens (tertiary/aromatic N) is 2. The molecule has 1 heterocycles. The fraction of sp³-hybridized carbons (Fsp3) is 0.238. The highest BCUT2D eigenvalue weighted by Gasteiger charge is 2.08. The summed E-state index contributed by atoms with van der Waals surface area (Å²) >= 11 is 3.09. The molecule has 138 valence electrons. The molecule has 0 radical (unpaired) electrons. The third-order valence-electron chi connectivity index (χ3n) is 3.91. The van der Waals surface area contributed by atoms with Gasteiger partial charge in [0, 0.05) is 12.2 Å². The highest BCUT2D eigenvalue weighted by molar-refractivity contribution is 7.98. The molecular weight excluding hydrogens is 379 g/mol. The predicted molar refractivity (Wildman–Crippen MR) is 111 cm³/mol. The van der Waals surface area contributed by atoms with Crippen LogP contribution in [0, 0.1) is 18.2 Å². The van der Waals surface area contributed by atoms with E-state index < -0.39 is 0 Å². The van der Waals surface area contributed by atoms with E-state index in [0.717, 1.165) is 28.1 Å². The molecule has 0 N–H and O–H groups in total. The van der Waals surface area contributed by atoms with Crippen molar-refractivity contribution in [2.24, 2.45) is 4.99 Å². The Hall–Kier alpha value is -2.36. The van der Waals surface area contributed by atoms with Crippen LogP contribution >= 0.6 is 23.1 Å². The van der Waals surface area contributed by atoms with Gasteiger partial charge in [-0.15, -0.1) is 6.42 Å². The molecule has 2 aromatic carbocycles. The van der Waals surface area contributed by atoms with E-state index in [1.54, 1.807) is 22.4 Å². The summed E-state index contributed by atoms with van der Waals surface area (Å²) in [5.41, 5.74) is 2.08. The van der Waals surface area contributed by atoms with Gasteiger partial charge in [0.1, 0.15) is 5.82 Å². The lowest BCUT2D eigenvalue weighted by molar-refractivity contribution is -0.118. The van der Waals surface area contributed by atoms with Crippen molar-refractivity contribution < 1.29 is 9.18 Å². The number of thiazole rings is 1. The second-order valence-electron chi connectivity index (χ2n) is 5.93. The van der Waals surface area contributed by atoms with E-state index in [-0.39, 0.29) is 11.7 Å². The van der Waals surface area contributed by atoms with Crippen molar-refractivity contribution in [3.8, 4) is 12.3 Å². The molecule has 3 nitrogen and oxygen atoms in total. The molecule has 1 aromatic heterocycles. The molecule has 1 amide bonds. The van der Waals surface area contributed by atoms with E-state index in [2.05, 4.69) is 23.0 Å². The maximum atomic E-state index is 13.4. The van der Waals surface area contributed by atoms with Crippen LogP contribution in [0.3, 0.4) is 0 Å². The zero-order valence-corrected chi connectivity index (χ0v) is 16.4. The highest BCUT2D eigenvalue weighted by atomic mass is 32.2. The first-order valence-electron chi connectivity index (χ1n) is 8.59. The predicted octanol–water partition coefficient (Wildman–Crippen LogP) is 4.62. The lowest BCUT2D eigenvalue weighted by Crippen LogP contribution is -2.16. The van der Waals surface area contributed by atoms with E-state index in [9.17, 15) is 9.18 Å². The number of amides is 1. The zero-order valence-electron chi connectivity index (χ0n) is 14.7. The van der Waals surface area contributed by atoms with Gasteiger partial charge in [-0.3, -0.25) is 4.79 Å². The Kier molecular flexibility index (Phi) is 6.86. The molecular formula is C21H19FN2OS2. The molecule has 0 spiro atoms. The van der Waals surface area contributed by atoms with Crippen molar-refractivity contribution in [2.75, 3.05) is 5.75 Å². The number of terminal acetylenes is 1. The van der Waals surface area contributed by atoms with Gasteiger partial charge in [0.25, 0.3) is 0 Å². The zero-order chi connectivity index (χ0) is 19.1. The van der Waals surface area contributed by atoms with Gasteiger partial charge in [0.15, 0.2) is 4.80 Å². The first-order chi connectivity index (χ1) is 13.2. The normalized spacial score (nSPS) is 11.6. The standard InChI is InChI=1S/C21H19FN2OS2/c1-2-12-24-18-11-10-17(22)14-19(18)27-21(24)23-20(25)9-6-13-26-15-16-7-4-3-5-8-16/h1,3-5,7-8,10-11,14H,6,9,12-13,15H2. The number of hydrogen-bond acceptors (Lipinski definition) is 3. The van der Waals surface area contributed by atoms with Crippen LogP contribution in [0.4, 0.5) is 4.39 Å². The number of halogens is 1. The van der Waals surface area contributed by atoms with E-state index in [0.29, 0.717) is 17.8 Å². The summed E-state index contributed by atoms with van der Waals surface area (Å²) in [5, 5.41) is 0. The topological polar surface area (TPSA) is 34.4 Å². The van der Waals surface area contributed by atoms with Gasteiger partial charge >= 0.3 is 0 Å². The van der Waals surface area contributed by atoms with E-state index in [1.165, 1.54) is 29.0 Å². The number of thioether (sulfide) groups is 1. The minimum atomic E-state index is -0.315. The summed E-state index contributed by atoms with van der Waals surface area (Å²) in [6.45, 7) is 0.296. The maximum Gasteiger partial charge on any atom is 0.248 e. The SMILES string of the molecule is C#CCn1c(=NC(=O)CCCSCc2ccccc2)sc2cc(F)ccc21. The average Bonchev–Trinajstić information content (AvgIpc) is 2.99. The summed E-state index contributed by atoms with van der Waals surface area (Å²) in [6.07, 6.45) is 6.59. The third kappa shape index (κ3) is 5.31. The summed E-state index contributed by atoms with van der Waals surface area (Å²) in [4.78, 5) is 17.0. The molecule has 0 aliphatic rings. The van der Waals surface area contributed by atoms with Crippen molar-refractivity contribution >= 4 is 39.2 Å². The maximum absolute atomic E-state index is 13.4. The highest BCUT2D eigenvalue weighted by Crippen LogP contribution is 2.19. The van der Waals surface area contributed by atoms with Crippen molar-refractivity contribution in [2.45, 2.75) is 25.1 Å². The van der Waals surface area contributed by atoms with Gasteiger partial charge in [-0.1, -0.05) is 47.6 Å². The van der Waals surface area contributed by atoms with Crippen molar-refractivity contribution in [1.29, 1.82) is 0 Å². The van der Waals surface area contributed by atoms with Gasteiger partial charge < -0.3 is 4.57 Å². The quantitative estimate of drug-likeness (QED) is 0.430. The molecule has 0 atom stereocenters. The number of aromatic nitrogens is 1. The van der Waals surface area contributed by atoms with Gasteiger partial charge in [-0.2, -0.15) is 16.8 Å². The van der Waals surface area contributed by atoms with Crippen LogP contribution in [0.15, 0.2) is 53.5 Å². The first kappa shape index (κ1) is 19.4. The number of carbonyl (C=O) groups excluding carboxylic acids is 1.